The quantitative estimate of drug-likeness (QED) is 0.704. The first kappa shape index (κ1) is 17.0. The summed E-state index contributed by atoms with van der Waals surface area (Å²) in [6, 6.07) is 1.84. The second-order valence-electron chi connectivity index (χ2n) is 7.84. The van der Waals surface area contributed by atoms with E-state index in [1.807, 2.05) is 19.9 Å². The van der Waals surface area contributed by atoms with Gasteiger partial charge in [0, 0.05) is 31.0 Å². The van der Waals surface area contributed by atoms with E-state index in [0.29, 0.717) is 18.3 Å². The molecular weight excluding hydrogens is 308 g/mol. The Labute approximate surface area is 141 Å². The van der Waals surface area contributed by atoms with Gasteiger partial charge in [0.2, 0.25) is 0 Å². The minimum atomic E-state index is -0.704. The molecule has 1 heterocycles. The van der Waals surface area contributed by atoms with Crippen LogP contribution >= 0.6 is 0 Å². The molecule has 2 saturated carbocycles. The van der Waals surface area contributed by atoms with E-state index < -0.39 is 11.8 Å². The average molecular weight is 334 g/mol. The topological polar surface area (TPSA) is 96.2 Å². The summed E-state index contributed by atoms with van der Waals surface area (Å²) in [6.07, 6.45) is 4.31. The highest BCUT2D eigenvalue weighted by Gasteiger charge is 2.60. The van der Waals surface area contributed by atoms with Crippen LogP contribution in [0.25, 0.3) is 0 Å². The van der Waals surface area contributed by atoms with Crippen LogP contribution in [0.15, 0.2) is 6.07 Å². The molecule has 7 nitrogen and oxygen atoms in total. The highest BCUT2D eigenvalue weighted by atomic mass is 16.3. The zero-order chi connectivity index (χ0) is 17.5. The fourth-order valence-electron chi connectivity index (χ4n) is 3.44. The SMILES string of the molecule is Cn1nc(C2CCC2)cc1NC(=O)C(=O)NCC1(CO)CC1(C)C. The van der Waals surface area contributed by atoms with Gasteiger partial charge in [-0.25, -0.2) is 0 Å². The molecule has 0 radical (unpaired) electrons. The molecule has 1 aromatic rings. The van der Waals surface area contributed by atoms with E-state index in [4.69, 9.17) is 0 Å². The number of aliphatic hydroxyl groups is 1. The van der Waals surface area contributed by atoms with Gasteiger partial charge < -0.3 is 15.7 Å². The summed E-state index contributed by atoms with van der Waals surface area (Å²) in [6.45, 7) is 4.41. The van der Waals surface area contributed by atoms with Crippen molar-refractivity contribution in [2.24, 2.45) is 17.9 Å². The summed E-state index contributed by atoms with van der Waals surface area (Å²) >= 11 is 0. The van der Waals surface area contributed by atoms with Crippen LogP contribution in [0.2, 0.25) is 0 Å². The highest BCUT2D eigenvalue weighted by Crippen LogP contribution is 2.62. The first-order chi connectivity index (χ1) is 11.3. The predicted molar refractivity (Wildman–Crippen MR) is 89.4 cm³/mol. The summed E-state index contributed by atoms with van der Waals surface area (Å²) < 4.78 is 1.60. The van der Waals surface area contributed by atoms with Gasteiger partial charge >= 0.3 is 11.8 Å². The van der Waals surface area contributed by atoms with Gasteiger partial charge in [0.1, 0.15) is 5.82 Å². The number of aliphatic hydroxyl groups excluding tert-OH is 1. The molecule has 1 atom stereocenters. The fraction of sp³-hybridized carbons (Fsp3) is 0.706. The van der Waals surface area contributed by atoms with Crippen molar-refractivity contribution in [1.29, 1.82) is 0 Å². The Morgan fingerprint density at radius 1 is 1.38 bits per heavy atom. The third kappa shape index (κ3) is 2.92. The molecule has 2 fully saturated rings. The molecule has 0 aromatic carbocycles. The number of aryl methyl sites for hydroxylation is 1. The van der Waals surface area contributed by atoms with E-state index in [1.54, 1.807) is 11.7 Å². The summed E-state index contributed by atoms with van der Waals surface area (Å²) in [5.74, 6) is -0.389. The number of hydrogen-bond acceptors (Lipinski definition) is 4. The first-order valence-corrected chi connectivity index (χ1v) is 8.52. The molecule has 1 aromatic heterocycles. The minimum Gasteiger partial charge on any atom is -0.396 e. The Morgan fingerprint density at radius 3 is 2.54 bits per heavy atom. The minimum absolute atomic E-state index is 0.00831. The average Bonchev–Trinajstić information content (AvgIpc) is 2.85. The van der Waals surface area contributed by atoms with Gasteiger partial charge in [0.15, 0.2) is 0 Å². The van der Waals surface area contributed by atoms with Crippen molar-refractivity contribution in [2.45, 2.75) is 45.4 Å². The molecule has 2 aliphatic carbocycles. The van der Waals surface area contributed by atoms with Gasteiger partial charge in [-0.05, 0) is 24.7 Å². The van der Waals surface area contributed by atoms with Gasteiger partial charge in [0.25, 0.3) is 0 Å². The lowest BCUT2D eigenvalue weighted by Gasteiger charge is -2.22. The molecule has 1 unspecified atom stereocenters. The largest absolute Gasteiger partial charge is 0.396 e. The Bertz CT molecular complexity index is 663. The molecular formula is C17H26N4O3. The van der Waals surface area contributed by atoms with Crippen molar-refractivity contribution in [3.05, 3.63) is 11.8 Å². The molecule has 7 heteroatoms. The van der Waals surface area contributed by atoms with Crippen LogP contribution in [0.1, 0.15) is 51.1 Å². The number of anilines is 1. The zero-order valence-electron chi connectivity index (χ0n) is 14.6. The maximum atomic E-state index is 12.1. The first-order valence-electron chi connectivity index (χ1n) is 8.52. The van der Waals surface area contributed by atoms with Crippen molar-refractivity contribution < 1.29 is 14.7 Å². The Morgan fingerprint density at radius 2 is 2.04 bits per heavy atom. The maximum absolute atomic E-state index is 12.1. The third-order valence-electron chi connectivity index (χ3n) is 5.85. The normalized spacial score (nSPS) is 25.0. The number of rotatable bonds is 5. The van der Waals surface area contributed by atoms with Crippen LogP contribution in [0, 0.1) is 10.8 Å². The van der Waals surface area contributed by atoms with Crippen LogP contribution in [0.5, 0.6) is 0 Å². The smallest absolute Gasteiger partial charge is 0.314 e. The van der Waals surface area contributed by atoms with E-state index in [9.17, 15) is 14.7 Å². The monoisotopic (exact) mass is 334 g/mol. The number of aromatic nitrogens is 2. The van der Waals surface area contributed by atoms with Gasteiger partial charge in [-0.2, -0.15) is 5.10 Å². The standard InChI is InChI=1S/C17H26N4O3/c1-16(2)8-17(16,10-22)9-18-14(23)15(24)19-13-7-12(20-21(13)3)11-5-4-6-11/h7,11,22H,4-6,8-10H2,1-3H3,(H,18,23)(H,19,24). The predicted octanol–water partition coefficient (Wildman–Crippen LogP) is 1.15. The molecule has 2 aliphatic rings. The Hall–Kier alpha value is -1.89. The fourth-order valence-corrected chi connectivity index (χ4v) is 3.44. The lowest BCUT2D eigenvalue weighted by atomic mass is 9.83. The molecule has 0 spiro atoms. The van der Waals surface area contributed by atoms with Gasteiger partial charge in [0.05, 0.1) is 12.3 Å². The van der Waals surface area contributed by atoms with Gasteiger partial charge in [-0.1, -0.05) is 20.3 Å². The number of hydrogen-bond donors (Lipinski definition) is 3. The van der Waals surface area contributed by atoms with Crippen molar-refractivity contribution in [1.82, 2.24) is 15.1 Å². The molecule has 132 valence electrons. The summed E-state index contributed by atoms with van der Waals surface area (Å²) in [5.41, 5.74) is 0.649. The van der Waals surface area contributed by atoms with Gasteiger partial charge in [-0.15, -0.1) is 0 Å². The van der Waals surface area contributed by atoms with Crippen LogP contribution in [-0.4, -0.2) is 39.9 Å². The molecule has 0 aliphatic heterocycles. The molecule has 0 saturated heterocycles. The van der Waals surface area contributed by atoms with E-state index in [0.717, 1.165) is 25.0 Å². The zero-order valence-corrected chi connectivity index (χ0v) is 14.6. The summed E-state index contributed by atoms with van der Waals surface area (Å²) in [5, 5.41) is 19.2. The molecule has 3 N–H and O–H groups in total. The number of nitrogens with one attached hydrogen (secondary N) is 2. The van der Waals surface area contributed by atoms with Crippen molar-refractivity contribution in [3.63, 3.8) is 0 Å². The van der Waals surface area contributed by atoms with E-state index >= 15 is 0 Å². The number of nitrogens with zero attached hydrogens (tertiary/aromatic N) is 2. The summed E-state index contributed by atoms with van der Waals surface area (Å²) in [7, 11) is 1.75. The van der Waals surface area contributed by atoms with Crippen molar-refractivity contribution >= 4 is 17.6 Å². The molecule has 24 heavy (non-hydrogen) atoms. The Balaban J connectivity index is 1.55. The second kappa shape index (κ2) is 5.88. The van der Waals surface area contributed by atoms with Crippen LogP contribution < -0.4 is 10.6 Å². The van der Waals surface area contributed by atoms with E-state index in [1.165, 1.54) is 6.42 Å². The number of carbonyl (C=O) groups is 2. The number of carbonyl (C=O) groups excluding carboxylic acids is 2. The molecule has 3 rings (SSSR count). The molecule has 0 bridgehead atoms. The lowest BCUT2D eigenvalue weighted by Crippen LogP contribution is -2.40. The van der Waals surface area contributed by atoms with Crippen LogP contribution in [0.4, 0.5) is 5.82 Å². The molecule has 2 amide bonds. The second-order valence-corrected chi connectivity index (χ2v) is 7.84. The summed E-state index contributed by atoms with van der Waals surface area (Å²) in [4.78, 5) is 24.1. The van der Waals surface area contributed by atoms with Crippen molar-refractivity contribution in [2.75, 3.05) is 18.5 Å². The lowest BCUT2D eigenvalue weighted by molar-refractivity contribution is -0.136. The van der Waals surface area contributed by atoms with E-state index in [2.05, 4.69) is 15.7 Å². The van der Waals surface area contributed by atoms with Crippen molar-refractivity contribution in [3.8, 4) is 0 Å². The third-order valence-corrected chi connectivity index (χ3v) is 5.85. The van der Waals surface area contributed by atoms with Gasteiger partial charge in [-0.3, -0.25) is 14.3 Å². The highest BCUT2D eigenvalue weighted by molar-refractivity contribution is 6.39. The van der Waals surface area contributed by atoms with E-state index in [-0.39, 0.29) is 17.4 Å². The Kier molecular flexibility index (Phi) is 4.15. The van der Waals surface area contributed by atoms with Crippen LogP contribution in [0.3, 0.4) is 0 Å². The maximum Gasteiger partial charge on any atom is 0.314 e. The number of amides is 2. The van der Waals surface area contributed by atoms with Crippen LogP contribution in [-0.2, 0) is 16.6 Å².